The highest BCUT2D eigenvalue weighted by atomic mass is 16.7. The third-order valence-electron chi connectivity index (χ3n) is 9.06. The molecule has 1 heterocycles. The van der Waals surface area contributed by atoms with E-state index in [-0.39, 0.29) is 12.5 Å². The van der Waals surface area contributed by atoms with Crippen molar-refractivity contribution in [3.8, 4) is 0 Å². The monoisotopic (exact) mass is 670 g/mol. The Morgan fingerprint density at radius 2 is 1.26 bits per heavy atom. The zero-order valence-electron chi connectivity index (χ0n) is 29.8. The molecule has 0 aromatic rings. The van der Waals surface area contributed by atoms with E-state index in [4.69, 9.17) is 9.47 Å². The molecule has 1 rings (SSSR count). The molecule has 7 unspecified atom stereocenters. The fourth-order valence-electron chi connectivity index (χ4n) is 5.89. The maximum Gasteiger partial charge on any atom is 0.220 e. The van der Waals surface area contributed by atoms with Gasteiger partial charge >= 0.3 is 0 Å². The number of carbonyl (C=O) groups is 1. The van der Waals surface area contributed by atoms with E-state index >= 15 is 0 Å². The molecule has 1 aliphatic heterocycles. The highest BCUT2D eigenvalue weighted by molar-refractivity contribution is 5.76. The van der Waals surface area contributed by atoms with Gasteiger partial charge < -0.3 is 40.3 Å². The van der Waals surface area contributed by atoms with Crippen LogP contribution < -0.4 is 5.32 Å². The molecule has 47 heavy (non-hydrogen) atoms. The van der Waals surface area contributed by atoms with Crippen LogP contribution in [0.1, 0.15) is 155 Å². The van der Waals surface area contributed by atoms with Crippen molar-refractivity contribution in [2.45, 2.75) is 198 Å². The molecule has 9 heteroatoms. The van der Waals surface area contributed by atoms with Gasteiger partial charge in [0.25, 0.3) is 0 Å². The Morgan fingerprint density at radius 3 is 1.83 bits per heavy atom. The Bertz CT molecular complexity index is 792. The molecule has 1 aliphatic rings. The average Bonchev–Trinajstić information content (AvgIpc) is 3.07. The number of nitrogens with one attached hydrogen (secondary N) is 1. The first-order chi connectivity index (χ1) is 22.8. The van der Waals surface area contributed by atoms with Crippen LogP contribution in [-0.2, 0) is 14.3 Å². The topological polar surface area (TPSA) is 149 Å². The second-order valence-electron chi connectivity index (χ2n) is 13.4. The van der Waals surface area contributed by atoms with E-state index in [0.29, 0.717) is 12.8 Å². The highest BCUT2D eigenvalue weighted by Gasteiger charge is 2.44. The molecule has 6 N–H and O–H groups in total. The molecule has 0 bridgehead atoms. The van der Waals surface area contributed by atoms with E-state index in [1.54, 1.807) is 0 Å². The lowest BCUT2D eigenvalue weighted by molar-refractivity contribution is -0.302. The normalized spacial score (nSPS) is 23.1. The third kappa shape index (κ3) is 21.4. The number of aliphatic hydroxyl groups excluding tert-OH is 5. The fourth-order valence-corrected chi connectivity index (χ4v) is 5.89. The molecule has 0 aromatic carbocycles. The molecule has 276 valence electrons. The van der Waals surface area contributed by atoms with Crippen molar-refractivity contribution >= 4 is 5.91 Å². The first-order valence-corrected chi connectivity index (χ1v) is 19.0. The minimum Gasteiger partial charge on any atom is -0.394 e. The molecule has 1 amide bonds. The first-order valence-electron chi connectivity index (χ1n) is 19.0. The molecule has 0 aromatic heterocycles. The Labute approximate surface area is 286 Å². The molecular weight excluding hydrogens is 598 g/mol. The van der Waals surface area contributed by atoms with Gasteiger partial charge in [-0.1, -0.05) is 128 Å². The van der Waals surface area contributed by atoms with Gasteiger partial charge in [-0.3, -0.25) is 4.79 Å². The molecule has 1 saturated heterocycles. The zero-order valence-corrected chi connectivity index (χ0v) is 29.8. The quantitative estimate of drug-likeness (QED) is 0.0381. The molecule has 0 aliphatic carbocycles. The summed E-state index contributed by atoms with van der Waals surface area (Å²) in [5.41, 5.74) is 0. The summed E-state index contributed by atoms with van der Waals surface area (Å²) in [5, 5.41) is 53.4. The number of ether oxygens (including phenoxy) is 2. The standard InChI is InChI=1S/C38H71NO8/c1-3-5-7-8-9-10-11-12-13-14-15-16-17-18-19-20-21-22-23-24-26-28-34(42)39-31(32(41)27-25-6-4-2)30-46-38-37(45)36(44)35(43)33(29-40)47-38/h11-12,14-15,31-33,35-38,40-41,43-45H,3-10,13,16-30H2,1-2H3,(H,39,42)/b12-11-,15-14-. The predicted octanol–water partition coefficient (Wildman–Crippen LogP) is 6.38. The minimum atomic E-state index is -1.55. The van der Waals surface area contributed by atoms with E-state index in [2.05, 4.69) is 43.5 Å². The Balaban J connectivity index is 2.17. The largest absolute Gasteiger partial charge is 0.394 e. The van der Waals surface area contributed by atoms with Crippen LogP contribution in [0.4, 0.5) is 0 Å². The van der Waals surface area contributed by atoms with Crippen molar-refractivity contribution in [2.75, 3.05) is 13.2 Å². The Morgan fingerprint density at radius 1 is 0.723 bits per heavy atom. The molecule has 7 atom stereocenters. The van der Waals surface area contributed by atoms with Crippen molar-refractivity contribution in [2.24, 2.45) is 0 Å². The van der Waals surface area contributed by atoms with Gasteiger partial charge in [-0.15, -0.1) is 0 Å². The van der Waals surface area contributed by atoms with E-state index in [9.17, 15) is 30.3 Å². The number of carbonyl (C=O) groups excluding carboxylic acids is 1. The van der Waals surface area contributed by atoms with Gasteiger partial charge in [-0.05, 0) is 44.9 Å². The van der Waals surface area contributed by atoms with Gasteiger partial charge in [0.2, 0.25) is 5.91 Å². The SMILES string of the molecule is CCCCCCC/C=C\C/C=C\CCCCCCCCCCCC(=O)NC(COC1OC(CO)C(O)C(O)C1O)C(O)CCCCC. The number of unbranched alkanes of at least 4 members (excludes halogenated alkanes) is 16. The lowest BCUT2D eigenvalue weighted by Crippen LogP contribution is -2.60. The maximum absolute atomic E-state index is 12.7. The minimum absolute atomic E-state index is 0.144. The van der Waals surface area contributed by atoms with Crippen LogP contribution in [0.15, 0.2) is 24.3 Å². The lowest BCUT2D eigenvalue weighted by atomic mass is 9.99. The lowest BCUT2D eigenvalue weighted by Gasteiger charge is -2.40. The zero-order chi connectivity index (χ0) is 34.5. The van der Waals surface area contributed by atoms with Gasteiger partial charge in [0, 0.05) is 6.42 Å². The summed E-state index contributed by atoms with van der Waals surface area (Å²) in [6.07, 6.45) is 25.6. The number of aliphatic hydroxyl groups is 5. The molecule has 1 fully saturated rings. The van der Waals surface area contributed by atoms with Crippen LogP contribution in [0.2, 0.25) is 0 Å². The molecular formula is C38H71NO8. The van der Waals surface area contributed by atoms with Crippen LogP contribution in [-0.4, -0.2) is 87.5 Å². The van der Waals surface area contributed by atoms with Crippen molar-refractivity contribution in [1.82, 2.24) is 5.32 Å². The summed E-state index contributed by atoms with van der Waals surface area (Å²) in [7, 11) is 0. The number of hydrogen-bond acceptors (Lipinski definition) is 8. The number of rotatable bonds is 30. The molecule has 0 saturated carbocycles. The first kappa shape index (κ1) is 43.7. The summed E-state index contributed by atoms with van der Waals surface area (Å²) < 4.78 is 11.1. The molecule has 0 radical (unpaired) electrons. The van der Waals surface area contributed by atoms with Crippen LogP contribution in [0.25, 0.3) is 0 Å². The second kappa shape index (κ2) is 29.6. The molecule has 0 spiro atoms. The Kier molecular flexibility index (Phi) is 27.5. The second-order valence-corrected chi connectivity index (χ2v) is 13.4. The maximum atomic E-state index is 12.7. The van der Waals surface area contributed by atoms with Crippen molar-refractivity contribution in [3.05, 3.63) is 24.3 Å². The summed E-state index contributed by atoms with van der Waals surface area (Å²) in [5.74, 6) is -0.162. The summed E-state index contributed by atoms with van der Waals surface area (Å²) in [6.45, 7) is 3.63. The average molecular weight is 670 g/mol. The number of allylic oxidation sites excluding steroid dienone is 4. The highest BCUT2D eigenvalue weighted by Crippen LogP contribution is 2.22. The van der Waals surface area contributed by atoms with Crippen LogP contribution in [0.3, 0.4) is 0 Å². The van der Waals surface area contributed by atoms with Gasteiger partial charge in [-0.25, -0.2) is 0 Å². The predicted molar refractivity (Wildman–Crippen MR) is 189 cm³/mol. The number of hydrogen-bond donors (Lipinski definition) is 6. The third-order valence-corrected chi connectivity index (χ3v) is 9.06. The van der Waals surface area contributed by atoms with Crippen molar-refractivity contribution < 1.29 is 39.8 Å². The van der Waals surface area contributed by atoms with E-state index < -0.39 is 49.5 Å². The van der Waals surface area contributed by atoms with E-state index in [1.807, 2.05) is 0 Å². The number of amides is 1. The smallest absolute Gasteiger partial charge is 0.220 e. The van der Waals surface area contributed by atoms with Crippen LogP contribution >= 0.6 is 0 Å². The van der Waals surface area contributed by atoms with Crippen molar-refractivity contribution in [1.29, 1.82) is 0 Å². The molecule has 9 nitrogen and oxygen atoms in total. The van der Waals surface area contributed by atoms with Crippen molar-refractivity contribution in [3.63, 3.8) is 0 Å². The van der Waals surface area contributed by atoms with Crippen LogP contribution in [0.5, 0.6) is 0 Å². The van der Waals surface area contributed by atoms with E-state index in [1.165, 1.54) is 83.5 Å². The van der Waals surface area contributed by atoms with Gasteiger partial charge in [0.05, 0.1) is 25.4 Å². The van der Waals surface area contributed by atoms with Crippen LogP contribution in [0, 0.1) is 0 Å². The fraction of sp³-hybridized carbons (Fsp3) is 0.868. The summed E-state index contributed by atoms with van der Waals surface area (Å²) >= 11 is 0. The van der Waals surface area contributed by atoms with Gasteiger partial charge in [-0.2, -0.15) is 0 Å². The Hall–Kier alpha value is -1.33. The summed E-state index contributed by atoms with van der Waals surface area (Å²) in [4.78, 5) is 12.7. The van der Waals surface area contributed by atoms with E-state index in [0.717, 1.165) is 44.9 Å². The summed E-state index contributed by atoms with van der Waals surface area (Å²) in [6, 6.07) is -0.714. The van der Waals surface area contributed by atoms with Gasteiger partial charge in [0.1, 0.15) is 24.4 Å². The van der Waals surface area contributed by atoms with Gasteiger partial charge in [0.15, 0.2) is 6.29 Å².